The Hall–Kier alpha value is -2.93. The van der Waals surface area contributed by atoms with Gasteiger partial charge in [-0.15, -0.1) is 6.42 Å². The number of hydrogen-bond acceptors (Lipinski definition) is 5. The zero-order chi connectivity index (χ0) is 22.0. The van der Waals surface area contributed by atoms with E-state index < -0.39 is 22.0 Å². The third kappa shape index (κ3) is 4.02. The molecular weight excluding hydrogens is 434 g/mol. The molecule has 1 aliphatic heterocycles. The van der Waals surface area contributed by atoms with Crippen molar-refractivity contribution in [1.82, 2.24) is 8.87 Å². The van der Waals surface area contributed by atoms with Gasteiger partial charge in [-0.25, -0.2) is 8.42 Å². The lowest BCUT2D eigenvalue weighted by Gasteiger charge is -2.21. The van der Waals surface area contributed by atoms with Crippen LogP contribution >= 0.6 is 11.3 Å². The van der Waals surface area contributed by atoms with Crippen molar-refractivity contribution in [3.8, 4) is 18.1 Å². The van der Waals surface area contributed by atoms with Gasteiger partial charge in [-0.05, 0) is 49.2 Å². The second-order valence-electron chi connectivity index (χ2n) is 7.04. The Balaban J connectivity index is 1.69. The number of sulfonamides is 1. The summed E-state index contributed by atoms with van der Waals surface area (Å²) in [6.07, 6.45) is 6.53. The number of para-hydroxylation sites is 1. The van der Waals surface area contributed by atoms with Gasteiger partial charge in [0.05, 0.1) is 28.8 Å². The van der Waals surface area contributed by atoms with Crippen molar-refractivity contribution in [3.63, 3.8) is 0 Å². The third-order valence-electron chi connectivity index (χ3n) is 5.20. The summed E-state index contributed by atoms with van der Waals surface area (Å²) in [6.45, 7) is 0.547. The summed E-state index contributed by atoms with van der Waals surface area (Å²) in [5.41, 5.74) is 0.895. The molecule has 7 nitrogen and oxygen atoms in total. The molecule has 160 valence electrons. The largest absolute Gasteiger partial charge is 0.497 e. The Bertz CT molecular complexity index is 1330. The van der Waals surface area contributed by atoms with Crippen LogP contribution < -0.4 is 9.54 Å². The fourth-order valence-corrected chi connectivity index (χ4v) is 6.36. The Labute approximate surface area is 184 Å². The van der Waals surface area contributed by atoms with Crippen LogP contribution in [-0.2, 0) is 21.4 Å². The fraction of sp³-hybridized carbons (Fsp3) is 0.273. The van der Waals surface area contributed by atoms with Crippen LogP contribution in [0.2, 0.25) is 0 Å². The molecule has 1 amide bonds. The second-order valence-corrected chi connectivity index (χ2v) is 9.94. The van der Waals surface area contributed by atoms with Gasteiger partial charge in [-0.3, -0.25) is 4.79 Å². The van der Waals surface area contributed by atoms with E-state index in [0.29, 0.717) is 23.4 Å². The smallest absolute Gasteiger partial charge is 0.266 e. The van der Waals surface area contributed by atoms with Gasteiger partial charge in [0, 0.05) is 6.54 Å². The number of aromatic nitrogens is 1. The van der Waals surface area contributed by atoms with Crippen molar-refractivity contribution in [2.75, 3.05) is 13.7 Å². The summed E-state index contributed by atoms with van der Waals surface area (Å²) >= 11 is 1.36. The van der Waals surface area contributed by atoms with E-state index in [1.807, 2.05) is 24.3 Å². The van der Waals surface area contributed by atoms with Crippen LogP contribution in [0, 0.1) is 12.3 Å². The van der Waals surface area contributed by atoms with Gasteiger partial charge in [-0.1, -0.05) is 29.4 Å². The average Bonchev–Trinajstić information content (AvgIpc) is 3.40. The van der Waals surface area contributed by atoms with E-state index in [1.165, 1.54) is 34.9 Å². The molecule has 2 aromatic carbocycles. The van der Waals surface area contributed by atoms with Gasteiger partial charge in [-0.2, -0.15) is 9.30 Å². The van der Waals surface area contributed by atoms with Crippen LogP contribution in [0.5, 0.6) is 5.75 Å². The minimum Gasteiger partial charge on any atom is -0.497 e. The highest BCUT2D eigenvalue weighted by Crippen LogP contribution is 2.28. The van der Waals surface area contributed by atoms with Crippen molar-refractivity contribution in [3.05, 3.63) is 53.3 Å². The predicted molar refractivity (Wildman–Crippen MR) is 119 cm³/mol. The molecule has 1 aromatic heterocycles. The topological polar surface area (TPSA) is 81.0 Å². The number of terminal acetylenes is 1. The molecule has 2 heterocycles. The minimum absolute atomic E-state index is 0.122. The van der Waals surface area contributed by atoms with Gasteiger partial charge >= 0.3 is 0 Å². The van der Waals surface area contributed by atoms with E-state index in [9.17, 15) is 13.2 Å². The average molecular weight is 456 g/mol. The van der Waals surface area contributed by atoms with Crippen LogP contribution in [-0.4, -0.2) is 42.9 Å². The number of thiazole rings is 1. The number of amides is 1. The van der Waals surface area contributed by atoms with Gasteiger partial charge in [0.25, 0.3) is 5.91 Å². The Kier molecular flexibility index (Phi) is 5.96. The Morgan fingerprint density at radius 3 is 2.71 bits per heavy atom. The van der Waals surface area contributed by atoms with Crippen LogP contribution in [0.25, 0.3) is 10.2 Å². The summed E-state index contributed by atoms with van der Waals surface area (Å²) < 4.78 is 35.5. The maximum Gasteiger partial charge on any atom is 0.266 e. The second kappa shape index (κ2) is 8.67. The summed E-state index contributed by atoms with van der Waals surface area (Å²) in [5, 5.41) is 0. The van der Waals surface area contributed by atoms with Crippen molar-refractivity contribution in [2.24, 2.45) is 4.99 Å². The first-order valence-corrected chi connectivity index (χ1v) is 12.0. The SMILES string of the molecule is C#CCn1c(=NC(=O)C2CCCN2S(=O)(=O)c2ccc(OC)cc2)sc2ccccc21. The molecule has 31 heavy (non-hydrogen) atoms. The third-order valence-corrected chi connectivity index (χ3v) is 8.18. The molecule has 3 aromatic rings. The molecule has 0 aliphatic carbocycles. The molecule has 1 saturated heterocycles. The maximum atomic E-state index is 13.2. The van der Waals surface area contributed by atoms with Crippen molar-refractivity contribution < 1.29 is 17.9 Å². The number of nitrogens with zero attached hydrogens (tertiary/aromatic N) is 3. The Morgan fingerprint density at radius 1 is 1.26 bits per heavy atom. The van der Waals surface area contributed by atoms with Crippen LogP contribution in [0.4, 0.5) is 0 Å². The molecule has 4 rings (SSSR count). The lowest BCUT2D eigenvalue weighted by Crippen LogP contribution is -2.40. The number of hydrogen-bond donors (Lipinski definition) is 0. The van der Waals surface area contributed by atoms with Crippen molar-refractivity contribution >= 4 is 37.5 Å². The number of fused-ring (bicyclic) bond motifs is 1. The van der Waals surface area contributed by atoms with Gasteiger partial charge in [0.15, 0.2) is 4.80 Å². The maximum absolute atomic E-state index is 13.2. The normalized spacial score (nSPS) is 17.7. The van der Waals surface area contributed by atoms with Gasteiger partial charge < -0.3 is 9.30 Å². The Morgan fingerprint density at radius 2 is 2.00 bits per heavy atom. The summed E-state index contributed by atoms with van der Waals surface area (Å²) in [5.74, 6) is 2.67. The van der Waals surface area contributed by atoms with E-state index in [0.717, 1.165) is 10.2 Å². The number of rotatable bonds is 5. The molecule has 9 heteroatoms. The van der Waals surface area contributed by atoms with Crippen molar-refractivity contribution in [1.29, 1.82) is 0 Å². The summed E-state index contributed by atoms with van der Waals surface area (Å²) in [4.78, 5) is 18.0. The van der Waals surface area contributed by atoms with E-state index in [1.54, 1.807) is 16.7 Å². The molecular formula is C22H21N3O4S2. The molecule has 0 spiro atoms. The molecule has 0 radical (unpaired) electrons. The number of carbonyl (C=O) groups excluding carboxylic acids is 1. The van der Waals surface area contributed by atoms with E-state index in [2.05, 4.69) is 10.9 Å². The molecule has 1 unspecified atom stereocenters. The van der Waals surface area contributed by atoms with Crippen LogP contribution in [0.15, 0.2) is 58.4 Å². The minimum atomic E-state index is -3.83. The van der Waals surface area contributed by atoms with Gasteiger partial charge in [0.1, 0.15) is 11.8 Å². The number of benzene rings is 2. The fourth-order valence-electron chi connectivity index (χ4n) is 3.68. The molecule has 1 atom stereocenters. The molecule has 0 N–H and O–H groups in total. The molecule has 0 saturated carbocycles. The zero-order valence-electron chi connectivity index (χ0n) is 16.9. The zero-order valence-corrected chi connectivity index (χ0v) is 18.5. The van der Waals surface area contributed by atoms with Crippen LogP contribution in [0.1, 0.15) is 12.8 Å². The first-order chi connectivity index (χ1) is 15.0. The van der Waals surface area contributed by atoms with Crippen LogP contribution in [0.3, 0.4) is 0 Å². The van der Waals surface area contributed by atoms with E-state index in [-0.39, 0.29) is 18.0 Å². The highest BCUT2D eigenvalue weighted by atomic mass is 32.2. The molecule has 0 bridgehead atoms. The quantitative estimate of drug-likeness (QED) is 0.554. The van der Waals surface area contributed by atoms with Gasteiger partial charge in [0.2, 0.25) is 10.0 Å². The lowest BCUT2D eigenvalue weighted by molar-refractivity contribution is -0.121. The summed E-state index contributed by atoms with van der Waals surface area (Å²) in [7, 11) is -2.32. The van der Waals surface area contributed by atoms with E-state index in [4.69, 9.17) is 11.2 Å². The first kappa shape index (κ1) is 21.3. The first-order valence-electron chi connectivity index (χ1n) is 9.72. The highest BCUT2D eigenvalue weighted by Gasteiger charge is 2.39. The summed E-state index contributed by atoms with van der Waals surface area (Å²) in [6, 6.07) is 13.0. The van der Waals surface area contributed by atoms with Crippen molar-refractivity contribution in [2.45, 2.75) is 30.3 Å². The predicted octanol–water partition coefficient (Wildman–Crippen LogP) is 2.63. The standard InChI is InChI=1S/C22H21N3O4S2/c1-3-14-24-18-7-4-5-9-20(18)30-22(24)23-21(26)19-8-6-15-25(19)31(27,28)17-12-10-16(29-2)11-13-17/h1,4-5,7,9-13,19H,6,8,14-15H2,2H3. The number of ether oxygens (including phenoxy) is 1. The highest BCUT2D eigenvalue weighted by molar-refractivity contribution is 7.89. The molecule has 1 fully saturated rings. The monoisotopic (exact) mass is 455 g/mol. The van der Waals surface area contributed by atoms with E-state index >= 15 is 0 Å². The molecule has 1 aliphatic rings. The lowest BCUT2D eigenvalue weighted by atomic mass is 10.2. The number of methoxy groups -OCH3 is 1. The number of carbonyl (C=O) groups is 1.